The maximum absolute atomic E-state index is 13.6. The Morgan fingerprint density at radius 1 is 0.879 bits per heavy atom. The molecule has 2 rings (SSSR count). The third-order valence-electron chi connectivity index (χ3n) is 7.39. The summed E-state index contributed by atoms with van der Waals surface area (Å²) in [6, 6.07) is 19.7. The summed E-state index contributed by atoms with van der Waals surface area (Å²) < 4.78 is 2.39. The Morgan fingerprint density at radius 3 is 2.09 bits per heavy atom. The van der Waals surface area contributed by atoms with Gasteiger partial charge in [-0.1, -0.05) is 139 Å². The summed E-state index contributed by atoms with van der Waals surface area (Å²) in [5, 5.41) is 0. The predicted octanol–water partition coefficient (Wildman–Crippen LogP) is 8.86. The smallest absolute Gasteiger partial charge is 0.214 e. The van der Waals surface area contributed by atoms with E-state index in [1.807, 2.05) is 6.92 Å². The number of benzene rings is 2. The van der Waals surface area contributed by atoms with Gasteiger partial charge >= 0.3 is 0 Å². The minimum Gasteiger partial charge on any atom is -0.363 e. The molecule has 0 aliphatic rings. The number of carbonyl (C=O) groups excluding carboxylic acids is 1. The van der Waals surface area contributed by atoms with Crippen LogP contribution in [0, 0.1) is 6.92 Å². The molecule has 2 atom stereocenters. The van der Waals surface area contributed by atoms with Gasteiger partial charge in [-0.25, -0.2) is 0 Å². The molecule has 2 aromatic carbocycles. The van der Waals surface area contributed by atoms with Crippen molar-refractivity contribution >= 4 is 14.1 Å². The van der Waals surface area contributed by atoms with E-state index in [2.05, 4.69) is 93.0 Å². The van der Waals surface area contributed by atoms with E-state index in [1.165, 1.54) is 55.2 Å². The maximum atomic E-state index is 13.6. The highest BCUT2D eigenvalue weighted by atomic mass is 28.3. The van der Waals surface area contributed by atoms with E-state index < -0.39 is 8.24 Å². The Hall–Kier alpha value is -1.87. The Balaban J connectivity index is 2.41. The molecule has 0 aliphatic carbocycles. The monoisotopic (exact) mass is 465 g/mol. The molecule has 0 fully saturated rings. The van der Waals surface area contributed by atoms with E-state index in [-0.39, 0.29) is 6.04 Å². The van der Waals surface area contributed by atoms with Gasteiger partial charge < -0.3 is 4.57 Å². The highest BCUT2D eigenvalue weighted by Gasteiger charge is 2.43. The summed E-state index contributed by atoms with van der Waals surface area (Å²) in [5.74, 6) is 0.317. The van der Waals surface area contributed by atoms with Crippen molar-refractivity contribution < 1.29 is 4.79 Å². The van der Waals surface area contributed by atoms with Gasteiger partial charge in [-0.05, 0) is 30.0 Å². The van der Waals surface area contributed by atoms with E-state index in [1.54, 1.807) is 0 Å². The van der Waals surface area contributed by atoms with Gasteiger partial charge in [-0.3, -0.25) is 4.79 Å². The first-order valence-corrected chi connectivity index (χ1v) is 16.3. The molecule has 0 radical (unpaired) electrons. The van der Waals surface area contributed by atoms with Gasteiger partial charge in [0.15, 0.2) is 8.24 Å². The number of carbonyl (C=O) groups is 1. The van der Waals surface area contributed by atoms with Crippen LogP contribution in [0.4, 0.5) is 0 Å². The third kappa shape index (κ3) is 7.84. The lowest BCUT2D eigenvalue weighted by atomic mass is 9.97. The number of unbranched alkanes of at least 4 members (excludes halogenated alkanes) is 4. The zero-order valence-corrected chi connectivity index (χ0v) is 23.1. The highest BCUT2D eigenvalue weighted by molar-refractivity contribution is 6.78. The quantitative estimate of drug-likeness (QED) is 0.201. The van der Waals surface area contributed by atoms with Crippen molar-refractivity contribution in [2.24, 2.45) is 0 Å². The molecule has 0 spiro atoms. The molecule has 3 heteroatoms. The van der Waals surface area contributed by atoms with Gasteiger partial charge in [0.05, 0.1) is 6.04 Å². The second kappa shape index (κ2) is 13.7. The summed E-state index contributed by atoms with van der Waals surface area (Å²) in [7, 11) is -2.04. The summed E-state index contributed by atoms with van der Waals surface area (Å²) in [4.78, 5) is 13.6. The van der Waals surface area contributed by atoms with Crippen LogP contribution < -0.4 is 0 Å². The van der Waals surface area contributed by atoms with Crippen LogP contribution in [0.15, 0.2) is 54.6 Å². The van der Waals surface area contributed by atoms with Crippen molar-refractivity contribution in [3.05, 3.63) is 71.3 Å². The SMILES string of the molecule is CCCCCCCC(CC)[Si](C)(C)N(C(=O)CC)C(Cc1ccccc1)c1ccc(C)cc1. The first kappa shape index (κ1) is 27.4. The second-order valence-electron chi connectivity index (χ2n) is 10.2. The molecule has 2 unspecified atom stereocenters. The van der Waals surface area contributed by atoms with Crippen LogP contribution in [0.3, 0.4) is 0 Å². The van der Waals surface area contributed by atoms with Gasteiger partial charge in [0, 0.05) is 6.42 Å². The summed E-state index contributed by atoms with van der Waals surface area (Å²) in [6.07, 6.45) is 10.4. The molecule has 182 valence electrons. The van der Waals surface area contributed by atoms with Crippen molar-refractivity contribution in [1.82, 2.24) is 4.57 Å². The van der Waals surface area contributed by atoms with Crippen LogP contribution in [-0.2, 0) is 11.2 Å². The van der Waals surface area contributed by atoms with Gasteiger partial charge in [0.25, 0.3) is 0 Å². The molecule has 0 saturated heterocycles. The van der Waals surface area contributed by atoms with E-state index in [0.717, 1.165) is 12.8 Å². The van der Waals surface area contributed by atoms with Crippen molar-refractivity contribution in [2.45, 2.75) is 110 Å². The molecule has 2 nitrogen and oxygen atoms in total. The molecular formula is C30H47NOSi. The van der Waals surface area contributed by atoms with Crippen molar-refractivity contribution in [1.29, 1.82) is 0 Å². The Morgan fingerprint density at radius 2 is 1.52 bits per heavy atom. The van der Waals surface area contributed by atoms with Crippen LogP contribution in [0.1, 0.15) is 94.9 Å². The normalized spacial score (nSPS) is 13.5. The molecule has 1 amide bonds. The largest absolute Gasteiger partial charge is 0.363 e. The van der Waals surface area contributed by atoms with Crippen LogP contribution >= 0.6 is 0 Å². The average molecular weight is 466 g/mol. The predicted molar refractivity (Wildman–Crippen MR) is 146 cm³/mol. The lowest BCUT2D eigenvalue weighted by Gasteiger charge is -2.47. The first-order valence-electron chi connectivity index (χ1n) is 13.3. The molecule has 33 heavy (non-hydrogen) atoms. The average Bonchev–Trinajstić information content (AvgIpc) is 2.81. The molecule has 0 aromatic heterocycles. The lowest BCUT2D eigenvalue weighted by molar-refractivity contribution is -0.128. The van der Waals surface area contributed by atoms with E-state index in [4.69, 9.17) is 0 Å². The minimum atomic E-state index is -2.04. The highest BCUT2D eigenvalue weighted by Crippen LogP contribution is 2.40. The maximum Gasteiger partial charge on any atom is 0.214 e. The fourth-order valence-corrected chi connectivity index (χ4v) is 9.45. The fourth-order valence-electron chi connectivity index (χ4n) is 5.30. The van der Waals surface area contributed by atoms with Crippen LogP contribution in [0.2, 0.25) is 18.6 Å². The van der Waals surface area contributed by atoms with Crippen LogP contribution in [-0.4, -0.2) is 18.7 Å². The summed E-state index contributed by atoms with van der Waals surface area (Å²) >= 11 is 0. The third-order valence-corrected chi connectivity index (χ3v) is 11.9. The molecule has 2 aromatic rings. The van der Waals surface area contributed by atoms with Gasteiger partial charge in [0.1, 0.15) is 0 Å². The molecule has 0 aliphatic heterocycles. The number of rotatable bonds is 14. The standard InChI is InChI=1S/C30H47NOSi/c1-7-10-11-12-16-19-28(8-2)33(5,6)31(30(32)9-3)29(24-26-17-14-13-15-18-26)27-22-20-25(4)21-23-27/h13-15,17-18,20-23,28-29H,7-12,16,19,24H2,1-6H3. The number of hydrogen-bond donors (Lipinski definition) is 0. The first-order chi connectivity index (χ1) is 15.8. The number of hydrogen-bond acceptors (Lipinski definition) is 1. The summed E-state index contributed by atoms with van der Waals surface area (Å²) in [6.45, 7) is 13.7. The van der Waals surface area contributed by atoms with Crippen LogP contribution in [0.25, 0.3) is 0 Å². The Bertz CT molecular complexity index is 815. The van der Waals surface area contributed by atoms with Crippen molar-refractivity contribution in [3.63, 3.8) is 0 Å². The van der Waals surface area contributed by atoms with Crippen molar-refractivity contribution in [3.8, 4) is 0 Å². The Labute approximate surface area is 204 Å². The van der Waals surface area contributed by atoms with E-state index in [0.29, 0.717) is 17.9 Å². The van der Waals surface area contributed by atoms with Crippen molar-refractivity contribution in [2.75, 3.05) is 0 Å². The molecule has 0 saturated carbocycles. The summed E-state index contributed by atoms with van der Waals surface area (Å²) in [5.41, 5.74) is 4.46. The molecular weight excluding hydrogens is 418 g/mol. The van der Waals surface area contributed by atoms with Gasteiger partial charge in [-0.2, -0.15) is 0 Å². The zero-order valence-electron chi connectivity index (χ0n) is 22.1. The number of amides is 1. The van der Waals surface area contributed by atoms with Gasteiger partial charge in [-0.15, -0.1) is 0 Å². The second-order valence-corrected chi connectivity index (χ2v) is 14.8. The van der Waals surface area contributed by atoms with E-state index in [9.17, 15) is 4.79 Å². The van der Waals surface area contributed by atoms with E-state index >= 15 is 0 Å². The topological polar surface area (TPSA) is 20.3 Å². The van der Waals surface area contributed by atoms with Gasteiger partial charge in [0.2, 0.25) is 5.91 Å². The minimum absolute atomic E-state index is 0.0938. The zero-order chi connectivity index (χ0) is 24.3. The molecule has 0 heterocycles. The molecule has 0 N–H and O–H groups in total. The fraction of sp³-hybridized carbons (Fsp3) is 0.567. The molecule has 0 bridgehead atoms. The lowest BCUT2D eigenvalue weighted by Crippen LogP contribution is -2.56. The number of nitrogens with zero attached hydrogens (tertiary/aromatic N) is 1. The van der Waals surface area contributed by atoms with Crippen LogP contribution in [0.5, 0.6) is 0 Å². The Kier molecular flexibility index (Phi) is 11.4. The number of aryl methyl sites for hydroxylation is 1.